The van der Waals surface area contributed by atoms with Gasteiger partial charge in [-0.05, 0) is 30.2 Å². The maximum absolute atomic E-state index is 12.4. The standard InChI is InChI=1S/C19H26ClN3O5.C7H6O2.C2H6/c1-3-4-12-13-9-15(19(27)22-6-8-25)23(2)14(13)10-16(18(12)20)28-11-17(26)21-5-7-24;8-7(9)6-4-2-1-3-5-6;1-2/h9-10,24-25H,3-8,11H2,1-2H3,(H,21,26)(H,22,27);1-5H,(H,8,9);1-2H3. The molecule has 1 heterocycles. The van der Waals surface area contributed by atoms with Gasteiger partial charge in [-0.3, -0.25) is 9.59 Å². The van der Waals surface area contributed by atoms with Gasteiger partial charge in [-0.2, -0.15) is 0 Å². The van der Waals surface area contributed by atoms with Gasteiger partial charge < -0.3 is 35.3 Å². The molecule has 0 saturated heterocycles. The first-order valence-corrected chi connectivity index (χ1v) is 13.1. The molecule has 0 bridgehead atoms. The number of halogens is 1. The number of carboxylic acids is 1. The largest absolute Gasteiger partial charge is 0.482 e. The molecule has 214 valence electrons. The fraction of sp³-hybridized carbons (Fsp3) is 0.393. The first kappa shape index (κ1) is 33.4. The summed E-state index contributed by atoms with van der Waals surface area (Å²) in [6.45, 7) is 5.82. The number of aryl methyl sites for hydroxylation is 2. The predicted molar refractivity (Wildman–Crippen MR) is 152 cm³/mol. The number of ether oxygens (including phenoxy) is 1. The van der Waals surface area contributed by atoms with Crippen LogP contribution < -0.4 is 15.4 Å². The molecule has 0 fully saturated rings. The lowest BCUT2D eigenvalue weighted by Gasteiger charge is -2.13. The van der Waals surface area contributed by atoms with Crippen LogP contribution in [-0.2, 0) is 18.3 Å². The van der Waals surface area contributed by atoms with Crippen LogP contribution in [0.15, 0.2) is 42.5 Å². The summed E-state index contributed by atoms with van der Waals surface area (Å²) < 4.78 is 7.34. The van der Waals surface area contributed by atoms with Crippen LogP contribution in [-0.4, -0.2) is 70.6 Å². The first-order valence-electron chi connectivity index (χ1n) is 12.7. The number of aliphatic hydroxyl groups is 2. The summed E-state index contributed by atoms with van der Waals surface area (Å²) in [7, 11) is 1.76. The van der Waals surface area contributed by atoms with Gasteiger partial charge in [-0.1, -0.05) is 57.0 Å². The lowest BCUT2D eigenvalue weighted by atomic mass is 10.0. The van der Waals surface area contributed by atoms with E-state index >= 15 is 0 Å². The van der Waals surface area contributed by atoms with Gasteiger partial charge in [0.05, 0.1) is 29.3 Å². The van der Waals surface area contributed by atoms with E-state index in [9.17, 15) is 14.4 Å². The maximum atomic E-state index is 12.4. The smallest absolute Gasteiger partial charge is 0.335 e. The number of carbonyl (C=O) groups is 3. The second-order valence-corrected chi connectivity index (χ2v) is 8.33. The highest BCUT2D eigenvalue weighted by atomic mass is 35.5. The van der Waals surface area contributed by atoms with E-state index in [4.69, 9.17) is 31.7 Å². The highest BCUT2D eigenvalue weighted by Gasteiger charge is 2.20. The molecule has 0 atom stereocenters. The Morgan fingerprint density at radius 2 is 1.62 bits per heavy atom. The van der Waals surface area contributed by atoms with Gasteiger partial charge in [0.25, 0.3) is 11.8 Å². The molecule has 0 radical (unpaired) electrons. The van der Waals surface area contributed by atoms with Crippen molar-refractivity contribution in [3.8, 4) is 5.75 Å². The van der Waals surface area contributed by atoms with E-state index in [0.717, 1.165) is 22.9 Å². The Morgan fingerprint density at radius 3 is 2.15 bits per heavy atom. The number of rotatable bonds is 11. The van der Waals surface area contributed by atoms with Crippen LogP contribution in [0.25, 0.3) is 10.9 Å². The summed E-state index contributed by atoms with van der Waals surface area (Å²) in [4.78, 5) is 34.3. The quantitative estimate of drug-likeness (QED) is 0.240. The highest BCUT2D eigenvalue weighted by Crippen LogP contribution is 2.37. The molecule has 10 nitrogen and oxygen atoms in total. The fourth-order valence-electron chi connectivity index (χ4n) is 3.54. The molecule has 39 heavy (non-hydrogen) atoms. The summed E-state index contributed by atoms with van der Waals surface area (Å²) in [5.41, 5.74) is 2.38. The number of amides is 2. The Morgan fingerprint density at radius 1 is 1.00 bits per heavy atom. The van der Waals surface area contributed by atoms with Gasteiger partial charge >= 0.3 is 5.97 Å². The molecule has 3 aromatic rings. The van der Waals surface area contributed by atoms with Crippen molar-refractivity contribution in [1.82, 2.24) is 15.2 Å². The number of carbonyl (C=O) groups excluding carboxylic acids is 2. The van der Waals surface area contributed by atoms with Crippen molar-refractivity contribution in [2.24, 2.45) is 7.05 Å². The third-order valence-corrected chi connectivity index (χ3v) is 5.71. The minimum atomic E-state index is -0.879. The Hall–Kier alpha value is -3.60. The summed E-state index contributed by atoms with van der Waals surface area (Å²) in [6.07, 6.45) is 1.53. The predicted octanol–water partition coefficient (Wildman–Crippen LogP) is 3.40. The molecular formula is C28H38ClN3O7. The van der Waals surface area contributed by atoms with Crippen LogP contribution in [0.2, 0.25) is 5.02 Å². The number of fused-ring (bicyclic) bond motifs is 1. The SMILES string of the molecule is CC.CCCc1c(Cl)c(OCC(=O)NCCO)cc2c1cc(C(=O)NCCO)n2C.O=C(O)c1ccccc1. The van der Waals surface area contributed by atoms with E-state index in [1.54, 1.807) is 54.1 Å². The Bertz CT molecular complexity index is 1210. The van der Waals surface area contributed by atoms with Crippen LogP contribution in [0, 0.1) is 0 Å². The third-order valence-electron chi connectivity index (χ3n) is 5.30. The minimum Gasteiger partial charge on any atom is -0.482 e. The number of nitrogens with one attached hydrogen (secondary N) is 2. The number of aromatic carboxylic acids is 1. The number of nitrogens with zero attached hydrogens (tertiary/aromatic N) is 1. The highest BCUT2D eigenvalue weighted by molar-refractivity contribution is 6.34. The molecule has 0 saturated carbocycles. The fourth-order valence-corrected chi connectivity index (χ4v) is 3.84. The second-order valence-electron chi connectivity index (χ2n) is 7.95. The molecule has 0 aliphatic heterocycles. The first-order chi connectivity index (χ1) is 18.7. The van der Waals surface area contributed by atoms with E-state index < -0.39 is 5.97 Å². The summed E-state index contributed by atoms with van der Waals surface area (Å²) in [5, 5.41) is 32.5. The van der Waals surface area contributed by atoms with Crippen molar-refractivity contribution < 1.29 is 34.4 Å². The van der Waals surface area contributed by atoms with Gasteiger partial charge in [-0.25, -0.2) is 4.79 Å². The number of aliphatic hydroxyl groups excluding tert-OH is 2. The zero-order valence-corrected chi connectivity index (χ0v) is 23.5. The summed E-state index contributed by atoms with van der Waals surface area (Å²) in [6, 6.07) is 11.8. The monoisotopic (exact) mass is 563 g/mol. The summed E-state index contributed by atoms with van der Waals surface area (Å²) in [5.74, 6) is -1.17. The molecule has 2 aromatic carbocycles. The molecule has 0 unspecified atom stereocenters. The van der Waals surface area contributed by atoms with E-state index in [0.29, 0.717) is 28.5 Å². The van der Waals surface area contributed by atoms with Crippen molar-refractivity contribution in [2.45, 2.75) is 33.6 Å². The molecule has 0 aliphatic carbocycles. The topological polar surface area (TPSA) is 150 Å². The van der Waals surface area contributed by atoms with Crippen molar-refractivity contribution in [3.05, 3.63) is 64.3 Å². The zero-order valence-electron chi connectivity index (χ0n) is 22.8. The van der Waals surface area contributed by atoms with E-state index in [1.807, 2.05) is 20.8 Å². The maximum Gasteiger partial charge on any atom is 0.335 e. The molecule has 3 rings (SSSR count). The number of aromatic nitrogens is 1. The number of benzene rings is 2. The van der Waals surface area contributed by atoms with Crippen molar-refractivity contribution in [1.29, 1.82) is 0 Å². The molecule has 0 aliphatic rings. The van der Waals surface area contributed by atoms with Gasteiger partial charge in [0, 0.05) is 31.6 Å². The Labute approximate surface area is 233 Å². The number of hydrogen-bond donors (Lipinski definition) is 5. The number of hydrogen-bond acceptors (Lipinski definition) is 6. The van der Waals surface area contributed by atoms with Gasteiger partial charge in [0.1, 0.15) is 11.4 Å². The van der Waals surface area contributed by atoms with Crippen LogP contribution >= 0.6 is 11.6 Å². The van der Waals surface area contributed by atoms with Crippen molar-refractivity contribution in [3.63, 3.8) is 0 Å². The van der Waals surface area contributed by atoms with E-state index in [1.165, 1.54) is 0 Å². The van der Waals surface area contributed by atoms with Crippen LogP contribution in [0.1, 0.15) is 53.6 Å². The molecule has 5 N–H and O–H groups in total. The Balaban J connectivity index is 0.000000578. The zero-order chi connectivity index (χ0) is 29.4. The molecule has 1 aromatic heterocycles. The van der Waals surface area contributed by atoms with Crippen molar-refractivity contribution in [2.75, 3.05) is 32.9 Å². The normalized spacial score (nSPS) is 10.0. The molecular weight excluding hydrogens is 526 g/mol. The summed E-state index contributed by atoms with van der Waals surface area (Å²) >= 11 is 6.54. The van der Waals surface area contributed by atoms with Gasteiger partial charge in [-0.15, -0.1) is 0 Å². The minimum absolute atomic E-state index is 0.140. The van der Waals surface area contributed by atoms with E-state index in [-0.39, 0.29) is 44.7 Å². The van der Waals surface area contributed by atoms with Crippen LogP contribution in [0.4, 0.5) is 0 Å². The lowest BCUT2D eigenvalue weighted by Crippen LogP contribution is -2.31. The average molecular weight is 564 g/mol. The molecule has 11 heteroatoms. The second kappa shape index (κ2) is 17.8. The average Bonchev–Trinajstić information content (AvgIpc) is 3.28. The third kappa shape index (κ3) is 9.90. The Kier molecular flexibility index (Phi) is 15.3. The van der Waals surface area contributed by atoms with Gasteiger partial charge in [0.2, 0.25) is 0 Å². The van der Waals surface area contributed by atoms with E-state index in [2.05, 4.69) is 10.6 Å². The van der Waals surface area contributed by atoms with Crippen LogP contribution in [0.5, 0.6) is 5.75 Å². The molecule has 2 amide bonds. The number of carboxylic acid groups (broad SMARTS) is 1. The van der Waals surface area contributed by atoms with Crippen LogP contribution in [0.3, 0.4) is 0 Å². The molecule has 0 spiro atoms. The van der Waals surface area contributed by atoms with Gasteiger partial charge in [0.15, 0.2) is 6.61 Å². The lowest BCUT2D eigenvalue weighted by molar-refractivity contribution is -0.123. The van der Waals surface area contributed by atoms with Crippen molar-refractivity contribution >= 4 is 40.3 Å².